The molecule has 3 fully saturated rings. The smallest absolute Gasteiger partial charge is 0.191 e. The molecule has 0 radical (unpaired) electrons. The molecule has 2 saturated heterocycles. The number of aliphatic imine (C=N–C) groups is 1. The predicted molar refractivity (Wildman–Crippen MR) is 128 cm³/mol. The summed E-state index contributed by atoms with van der Waals surface area (Å²) in [5.74, 6) is 2.44. The molecule has 2 unspecified atom stereocenters. The van der Waals surface area contributed by atoms with Crippen LogP contribution in [0.4, 0.5) is 0 Å². The first-order chi connectivity index (χ1) is 13.2. The molecule has 2 heterocycles. The largest absolute Gasteiger partial charge is 0.379 e. The van der Waals surface area contributed by atoms with Gasteiger partial charge in [0.2, 0.25) is 0 Å². The summed E-state index contributed by atoms with van der Waals surface area (Å²) < 4.78 is 5.54. The van der Waals surface area contributed by atoms with Crippen molar-refractivity contribution in [3.8, 4) is 0 Å². The molecule has 7 heteroatoms. The molecule has 28 heavy (non-hydrogen) atoms. The van der Waals surface area contributed by atoms with Gasteiger partial charge in [0.05, 0.1) is 19.8 Å². The molecule has 3 rings (SSSR count). The molecule has 2 atom stereocenters. The molecule has 0 aromatic carbocycles. The molecule has 0 aromatic rings. The van der Waals surface area contributed by atoms with Crippen molar-refractivity contribution in [1.82, 2.24) is 20.4 Å². The van der Waals surface area contributed by atoms with Gasteiger partial charge in [-0.1, -0.05) is 13.8 Å². The lowest BCUT2D eigenvalue weighted by Gasteiger charge is -2.34. The number of hydrogen-bond acceptors (Lipinski definition) is 4. The third-order valence-electron chi connectivity index (χ3n) is 6.05. The van der Waals surface area contributed by atoms with Crippen LogP contribution in [0.25, 0.3) is 0 Å². The first kappa shape index (κ1) is 24.2. The van der Waals surface area contributed by atoms with Crippen LogP contribution >= 0.6 is 24.0 Å². The molecular weight excluding hydrogens is 465 g/mol. The SMILES string of the molecule is CCNC(=NCC(CC(C)C)N1CCOCC1)NCC1CCN(C2CC2)C1.I. The van der Waals surface area contributed by atoms with E-state index in [4.69, 9.17) is 9.73 Å². The van der Waals surface area contributed by atoms with Crippen molar-refractivity contribution < 1.29 is 4.74 Å². The number of rotatable bonds is 9. The van der Waals surface area contributed by atoms with Crippen LogP contribution in [0.5, 0.6) is 0 Å². The first-order valence-corrected chi connectivity index (χ1v) is 11.2. The van der Waals surface area contributed by atoms with Crippen LogP contribution < -0.4 is 10.6 Å². The second kappa shape index (κ2) is 12.5. The average molecular weight is 508 g/mol. The van der Waals surface area contributed by atoms with Gasteiger partial charge in [0.25, 0.3) is 0 Å². The quantitative estimate of drug-likeness (QED) is 0.285. The highest BCUT2D eigenvalue weighted by Gasteiger charge is 2.34. The molecule has 0 aromatic heterocycles. The molecule has 0 amide bonds. The fraction of sp³-hybridized carbons (Fsp3) is 0.952. The van der Waals surface area contributed by atoms with Crippen molar-refractivity contribution in [2.45, 2.75) is 58.5 Å². The van der Waals surface area contributed by atoms with Crippen LogP contribution in [0.15, 0.2) is 4.99 Å². The molecule has 1 saturated carbocycles. The monoisotopic (exact) mass is 507 g/mol. The second-order valence-electron chi connectivity index (χ2n) is 8.91. The van der Waals surface area contributed by atoms with Gasteiger partial charge in [-0.15, -0.1) is 24.0 Å². The third kappa shape index (κ3) is 7.95. The summed E-state index contributed by atoms with van der Waals surface area (Å²) in [5, 5.41) is 7.07. The van der Waals surface area contributed by atoms with Gasteiger partial charge >= 0.3 is 0 Å². The molecule has 164 valence electrons. The summed E-state index contributed by atoms with van der Waals surface area (Å²) in [4.78, 5) is 10.2. The van der Waals surface area contributed by atoms with Gasteiger partial charge in [-0.05, 0) is 51.0 Å². The minimum atomic E-state index is 0. The van der Waals surface area contributed by atoms with Crippen molar-refractivity contribution in [2.24, 2.45) is 16.8 Å². The highest BCUT2D eigenvalue weighted by Crippen LogP contribution is 2.31. The van der Waals surface area contributed by atoms with E-state index in [1.165, 1.54) is 38.8 Å². The number of guanidine groups is 1. The van der Waals surface area contributed by atoms with E-state index in [0.717, 1.165) is 63.9 Å². The minimum Gasteiger partial charge on any atom is -0.379 e. The number of likely N-dealkylation sites (tertiary alicyclic amines) is 1. The zero-order chi connectivity index (χ0) is 19.1. The number of ether oxygens (including phenoxy) is 1. The van der Waals surface area contributed by atoms with Crippen LogP contribution in [0.2, 0.25) is 0 Å². The van der Waals surface area contributed by atoms with Gasteiger partial charge in [-0.2, -0.15) is 0 Å². The van der Waals surface area contributed by atoms with E-state index in [2.05, 4.69) is 41.2 Å². The Kier molecular flexibility index (Phi) is 10.8. The number of halogens is 1. The van der Waals surface area contributed by atoms with Crippen molar-refractivity contribution in [2.75, 3.05) is 59.0 Å². The average Bonchev–Trinajstić information content (AvgIpc) is 3.41. The molecular formula is C21H42IN5O. The highest BCUT2D eigenvalue weighted by atomic mass is 127. The molecule has 2 N–H and O–H groups in total. The Morgan fingerprint density at radius 1 is 1.11 bits per heavy atom. The van der Waals surface area contributed by atoms with Gasteiger partial charge in [-0.3, -0.25) is 9.89 Å². The molecule has 0 bridgehead atoms. The van der Waals surface area contributed by atoms with Crippen molar-refractivity contribution in [3.05, 3.63) is 0 Å². The summed E-state index contributed by atoms with van der Waals surface area (Å²) in [6.07, 6.45) is 5.36. The standard InChI is InChI=1S/C21H41N5O.HI/c1-4-22-21(23-14-18-7-8-26(16-18)19-5-6-19)24-15-20(13-17(2)3)25-9-11-27-12-10-25;/h17-20H,4-16H2,1-3H3,(H2,22,23,24);1H. The first-order valence-electron chi connectivity index (χ1n) is 11.2. The number of morpholine rings is 1. The van der Waals surface area contributed by atoms with Gasteiger partial charge in [0, 0.05) is 44.8 Å². The number of hydrogen-bond donors (Lipinski definition) is 2. The van der Waals surface area contributed by atoms with Crippen LogP contribution in [-0.2, 0) is 4.74 Å². The Morgan fingerprint density at radius 3 is 2.50 bits per heavy atom. The highest BCUT2D eigenvalue weighted by molar-refractivity contribution is 14.0. The maximum Gasteiger partial charge on any atom is 0.191 e. The van der Waals surface area contributed by atoms with Gasteiger partial charge in [0.1, 0.15) is 0 Å². The molecule has 1 aliphatic carbocycles. The van der Waals surface area contributed by atoms with Crippen LogP contribution in [-0.4, -0.2) is 86.9 Å². The summed E-state index contributed by atoms with van der Waals surface area (Å²) >= 11 is 0. The van der Waals surface area contributed by atoms with E-state index in [0.29, 0.717) is 12.0 Å². The van der Waals surface area contributed by atoms with E-state index in [-0.39, 0.29) is 24.0 Å². The van der Waals surface area contributed by atoms with Crippen LogP contribution in [0, 0.1) is 11.8 Å². The Hall–Kier alpha value is -0.120. The fourth-order valence-electron chi connectivity index (χ4n) is 4.41. The lowest BCUT2D eigenvalue weighted by atomic mass is 10.0. The summed E-state index contributed by atoms with van der Waals surface area (Å²) in [6, 6.07) is 1.42. The Balaban J connectivity index is 0.00000280. The topological polar surface area (TPSA) is 52.1 Å². The minimum absolute atomic E-state index is 0. The number of nitrogens with zero attached hydrogens (tertiary/aromatic N) is 3. The van der Waals surface area contributed by atoms with E-state index >= 15 is 0 Å². The Bertz CT molecular complexity index is 466. The van der Waals surface area contributed by atoms with Crippen molar-refractivity contribution >= 4 is 29.9 Å². The predicted octanol–water partition coefficient (Wildman–Crippen LogP) is 2.39. The van der Waals surface area contributed by atoms with Crippen LogP contribution in [0.3, 0.4) is 0 Å². The normalized spacial score (nSPS) is 25.6. The third-order valence-corrected chi connectivity index (χ3v) is 6.05. The Morgan fingerprint density at radius 2 is 1.86 bits per heavy atom. The van der Waals surface area contributed by atoms with Gasteiger partial charge in [0.15, 0.2) is 5.96 Å². The molecule has 6 nitrogen and oxygen atoms in total. The van der Waals surface area contributed by atoms with E-state index in [9.17, 15) is 0 Å². The van der Waals surface area contributed by atoms with E-state index in [1.54, 1.807) is 0 Å². The zero-order valence-electron chi connectivity index (χ0n) is 18.2. The van der Waals surface area contributed by atoms with Gasteiger partial charge < -0.3 is 20.3 Å². The van der Waals surface area contributed by atoms with Gasteiger partial charge in [-0.25, -0.2) is 0 Å². The van der Waals surface area contributed by atoms with Crippen molar-refractivity contribution in [3.63, 3.8) is 0 Å². The summed E-state index contributed by atoms with van der Waals surface area (Å²) in [6.45, 7) is 15.9. The lowest BCUT2D eigenvalue weighted by molar-refractivity contribution is 0.0143. The fourth-order valence-corrected chi connectivity index (χ4v) is 4.41. The second-order valence-corrected chi connectivity index (χ2v) is 8.91. The van der Waals surface area contributed by atoms with Crippen LogP contribution in [0.1, 0.15) is 46.5 Å². The van der Waals surface area contributed by atoms with Crippen molar-refractivity contribution in [1.29, 1.82) is 0 Å². The molecule has 2 aliphatic heterocycles. The summed E-state index contributed by atoms with van der Waals surface area (Å²) in [5.41, 5.74) is 0. The maximum atomic E-state index is 5.54. The molecule has 0 spiro atoms. The Labute approximate surface area is 189 Å². The van der Waals surface area contributed by atoms with E-state index < -0.39 is 0 Å². The number of nitrogens with one attached hydrogen (secondary N) is 2. The maximum absolute atomic E-state index is 5.54. The van der Waals surface area contributed by atoms with E-state index in [1.807, 2.05) is 0 Å². The molecule has 3 aliphatic rings. The lowest BCUT2D eigenvalue weighted by Crippen LogP contribution is -2.46. The zero-order valence-corrected chi connectivity index (χ0v) is 20.5. The summed E-state index contributed by atoms with van der Waals surface area (Å²) in [7, 11) is 0.